The molecule has 1 aliphatic rings. The number of phenolic OH excluding ortho intramolecular Hbond substituents is 1. The number of ketones is 1. The lowest BCUT2D eigenvalue weighted by Gasteiger charge is -2.35. The van der Waals surface area contributed by atoms with Crippen LogP contribution in [-0.2, 0) is 4.79 Å². The molecular weight excluding hydrogens is 262 g/mol. The summed E-state index contributed by atoms with van der Waals surface area (Å²) in [5, 5.41) is 10.1. The Kier molecular flexibility index (Phi) is 3.48. The molecule has 1 heterocycles. The maximum atomic E-state index is 12.1. The largest absolute Gasteiger partial charge is 0.506 e. The van der Waals surface area contributed by atoms with E-state index in [1.54, 1.807) is 12.1 Å². The summed E-state index contributed by atoms with van der Waals surface area (Å²) >= 11 is 0. The van der Waals surface area contributed by atoms with Gasteiger partial charge in [-0.15, -0.1) is 0 Å². The highest BCUT2D eigenvalue weighted by Gasteiger charge is 2.29. The van der Waals surface area contributed by atoms with E-state index in [1.807, 2.05) is 60.5 Å². The van der Waals surface area contributed by atoms with E-state index >= 15 is 0 Å². The van der Waals surface area contributed by atoms with Gasteiger partial charge in [0.15, 0.2) is 5.78 Å². The molecule has 1 unspecified atom stereocenters. The maximum absolute atomic E-state index is 12.1. The maximum Gasteiger partial charge on any atom is 0.162 e. The summed E-state index contributed by atoms with van der Waals surface area (Å²) in [6, 6.07) is 17.0. The molecule has 2 aromatic carbocycles. The average molecular weight is 279 g/mol. The summed E-state index contributed by atoms with van der Waals surface area (Å²) in [6.07, 6.45) is 2.25. The van der Waals surface area contributed by atoms with Crippen LogP contribution in [0.4, 0.5) is 5.69 Å². The first-order chi connectivity index (χ1) is 10.2. The first-order valence-corrected chi connectivity index (χ1v) is 6.99. The van der Waals surface area contributed by atoms with E-state index in [-0.39, 0.29) is 17.6 Å². The van der Waals surface area contributed by atoms with Gasteiger partial charge in [-0.1, -0.05) is 42.5 Å². The lowest BCUT2D eigenvalue weighted by Crippen LogP contribution is -2.31. The van der Waals surface area contributed by atoms with E-state index in [4.69, 9.17) is 0 Å². The molecule has 0 spiro atoms. The van der Waals surface area contributed by atoms with Gasteiger partial charge in [-0.25, -0.2) is 0 Å². The highest BCUT2D eigenvalue weighted by molar-refractivity contribution is 5.97. The van der Waals surface area contributed by atoms with Gasteiger partial charge in [0.25, 0.3) is 0 Å². The van der Waals surface area contributed by atoms with Crippen molar-refractivity contribution in [3.63, 3.8) is 0 Å². The molecule has 0 aromatic heterocycles. The minimum Gasteiger partial charge on any atom is -0.506 e. The minimum absolute atomic E-state index is 0.0873. The number of carbonyl (C=O) groups is 1. The summed E-state index contributed by atoms with van der Waals surface area (Å²) in [7, 11) is 0. The fourth-order valence-corrected chi connectivity index (χ4v) is 2.68. The number of anilines is 1. The summed E-state index contributed by atoms with van der Waals surface area (Å²) in [5.74, 6) is 0.368. The van der Waals surface area contributed by atoms with E-state index < -0.39 is 0 Å². The van der Waals surface area contributed by atoms with E-state index in [0.717, 1.165) is 11.3 Å². The molecule has 3 rings (SSSR count). The Morgan fingerprint density at radius 1 is 1.05 bits per heavy atom. The van der Waals surface area contributed by atoms with Crippen molar-refractivity contribution in [3.8, 4) is 5.75 Å². The lowest BCUT2D eigenvalue weighted by atomic mass is 9.93. The molecule has 0 aliphatic carbocycles. The van der Waals surface area contributed by atoms with Crippen molar-refractivity contribution < 1.29 is 9.90 Å². The molecule has 0 saturated heterocycles. The smallest absolute Gasteiger partial charge is 0.162 e. The predicted molar refractivity (Wildman–Crippen MR) is 83.1 cm³/mol. The van der Waals surface area contributed by atoms with Gasteiger partial charge in [0, 0.05) is 18.2 Å². The normalized spacial score (nSPS) is 18.5. The van der Waals surface area contributed by atoms with Crippen LogP contribution in [0.15, 0.2) is 66.4 Å². The quantitative estimate of drug-likeness (QED) is 0.908. The van der Waals surface area contributed by atoms with Crippen LogP contribution in [0, 0.1) is 0 Å². The minimum atomic E-state index is -0.0873. The predicted octanol–water partition coefficient (Wildman–Crippen LogP) is 3.82. The number of hydrogen-bond donors (Lipinski definition) is 1. The Hall–Kier alpha value is -2.55. The molecule has 0 radical (unpaired) electrons. The highest BCUT2D eigenvalue weighted by Crippen LogP contribution is 2.38. The zero-order valence-corrected chi connectivity index (χ0v) is 11.9. The third kappa shape index (κ3) is 2.55. The van der Waals surface area contributed by atoms with Gasteiger partial charge in [-0.05, 0) is 24.6 Å². The zero-order chi connectivity index (χ0) is 14.8. The van der Waals surface area contributed by atoms with Crippen LogP contribution in [-0.4, -0.2) is 10.9 Å². The van der Waals surface area contributed by atoms with Crippen molar-refractivity contribution in [1.82, 2.24) is 0 Å². The summed E-state index contributed by atoms with van der Waals surface area (Å²) in [6.45, 7) is 1.82. The van der Waals surface area contributed by atoms with Crippen molar-refractivity contribution in [1.29, 1.82) is 0 Å². The molecule has 3 nitrogen and oxygen atoms in total. The van der Waals surface area contributed by atoms with Gasteiger partial charge in [-0.3, -0.25) is 4.79 Å². The molecular formula is C18H17NO2. The average Bonchev–Trinajstić information content (AvgIpc) is 2.51. The van der Waals surface area contributed by atoms with Crippen molar-refractivity contribution in [2.24, 2.45) is 0 Å². The molecule has 0 fully saturated rings. The number of benzene rings is 2. The first kappa shape index (κ1) is 13.4. The Morgan fingerprint density at radius 3 is 2.43 bits per heavy atom. The van der Waals surface area contributed by atoms with Crippen LogP contribution in [0.3, 0.4) is 0 Å². The molecule has 1 N–H and O–H groups in total. The van der Waals surface area contributed by atoms with E-state index in [0.29, 0.717) is 12.0 Å². The molecule has 2 aromatic rings. The van der Waals surface area contributed by atoms with Gasteiger partial charge in [-0.2, -0.15) is 0 Å². The molecule has 0 saturated carbocycles. The molecule has 106 valence electrons. The third-order valence-corrected chi connectivity index (χ3v) is 3.83. The lowest BCUT2D eigenvalue weighted by molar-refractivity contribution is -0.116. The van der Waals surface area contributed by atoms with Crippen LogP contribution >= 0.6 is 0 Å². The molecule has 3 heteroatoms. The topological polar surface area (TPSA) is 40.5 Å². The molecule has 21 heavy (non-hydrogen) atoms. The fourth-order valence-electron chi connectivity index (χ4n) is 2.68. The van der Waals surface area contributed by atoms with Gasteiger partial charge in [0.2, 0.25) is 0 Å². The number of para-hydroxylation sites is 2. The van der Waals surface area contributed by atoms with E-state index in [9.17, 15) is 9.90 Å². The number of aromatic hydroxyl groups is 1. The van der Waals surface area contributed by atoms with Crippen LogP contribution < -0.4 is 4.90 Å². The van der Waals surface area contributed by atoms with Gasteiger partial charge in [0.05, 0.1) is 11.7 Å². The molecule has 1 atom stereocenters. The highest BCUT2D eigenvalue weighted by atomic mass is 16.3. The number of nitrogens with zero attached hydrogens (tertiary/aromatic N) is 1. The second-order valence-corrected chi connectivity index (χ2v) is 5.26. The zero-order valence-electron chi connectivity index (χ0n) is 11.9. The van der Waals surface area contributed by atoms with Crippen molar-refractivity contribution >= 4 is 11.5 Å². The number of allylic oxidation sites excluding steroid dienone is 1. The van der Waals surface area contributed by atoms with Crippen LogP contribution in [0.25, 0.3) is 0 Å². The Bertz CT molecular complexity index is 691. The summed E-state index contributed by atoms with van der Waals surface area (Å²) in [4.78, 5) is 14.1. The van der Waals surface area contributed by atoms with E-state index in [1.165, 1.54) is 0 Å². The molecule has 0 amide bonds. The first-order valence-electron chi connectivity index (χ1n) is 6.99. The van der Waals surface area contributed by atoms with Crippen LogP contribution in [0.2, 0.25) is 0 Å². The number of rotatable bonds is 2. The number of carbonyl (C=O) groups excluding carboxylic acids is 1. The van der Waals surface area contributed by atoms with Crippen LogP contribution in [0.5, 0.6) is 5.75 Å². The monoisotopic (exact) mass is 279 g/mol. The number of hydrogen-bond acceptors (Lipinski definition) is 3. The summed E-state index contributed by atoms with van der Waals surface area (Å²) < 4.78 is 0. The van der Waals surface area contributed by atoms with Gasteiger partial charge >= 0.3 is 0 Å². The second-order valence-electron chi connectivity index (χ2n) is 5.26. The Balaban J connectivity index is 2.09. The van der Waals surface area contributed by atoms with Crippen molar-refractivity contribution in [3.05, 3.63) is 71.9 Å². The standard InChI is InChI=1S/C18H17NO2/c1-13-12-19(15-9-5-6-10-17(15)20)16(11-18(13)21)14-7-3-2-4-8-14/h2-10,12,16,20H,11H2,1H3. The Labute approximate surface area is 124 Å². The van der Waals surface area contributed by atoms with Crippen molar-refractivity contribution in [2.75, 3.05) is 4.90 Å². The number of Topliss-reactive ketones (excluding diaryl/α,β-unsaturated/α-hetero) is 1. The number of phenols is 1. The Morgan fingerprint density at radius 2 is 1.71 bits per heavy atom. The van der Waals surface area contributed by atoms with Crippen LogP contribution in [0.1, 0.15) is 24.9 Å². The SMILES string of the molecule is CC1=CN(c2ccccc2O)C(c2ccccc2)CC1=O. The molecule has 0 bridgehead atoms. The third-order valence-electron chi connectivity index (χ3n) is 3.83. The molecule has 1 aliphatic heterocycles. The van der Waals surface area contributed by atoms with E-state index in [2.05, 4.69) is 0 Å². The summed E-state index contributed by atoms with van der Waals surface area (Å²) in [5.41, 5.74) is 2.50. The van der Waals surface area contributed by atoms with Gasteiger partial charge in [0.1, 0.15) is 5.75 Å². The van der Waals surface area contributed by atoms with Crippen molar-refractivity contribution in [2.45, 2.75) is 19.4 Å². The van der Waals surface area contributed by atoms with Gasteiger partial charge < -0.3 is 10.0 Å². The fraction of sp³-hybridized carbons (Fsp3) is 0.167. The second kappa shape index (κ2) is 5.44.